The van der Waals surface area contributed by atoms with Crippen molar-refractivity contribution in [3.8, 4) is 11.4 Å². The number of aliphatic imine (C=N–C) groups is 1. The number of hydrogen-bond acceptors (Lipinski definition) is 6. The fourth-order valence-electron chi connectivity index (χ4n) is 4.38. The van der Waals surface area contributed by atoms with Crippen molar-refractivity contribution in [2.45, 2.75) is 52.0 Å². The second-order valence-corrected chi connectivity index (χ2v) is 8.49. The van der Waals surface area contributed by atoms with E-state index in [1.165, 1.54) is 0 Å². The Morgan fingerprint density at radius 2 is 2.16 bits per heavy atom. The summed E-state index contributed by atoms with van der Waals surface area (Å²) in [6.45, 7) is 5.93. The Hall–Kier alpha value is -3.52. The average molecular weight is 432 g/mol. The predicted molar refractivity (Wildman–Crippen MR) is 122 cm³/mol. The molecule has 8 nitrogen and oxygen atoms in total. The number of rotatable bonds is 4. The molecule has 1 atom stereocenters. The van der Waals surface area contributed by atoms with E-state index in [9.17, 15) is 14.7 Å². The van der Waals surface area contributed by atoms with Gasteiger partial charge in [0.25, 0.3) is 5.56 Å². The van der Waals surface area contributed by atoms with Gasteiger partial charge in [-0.05, 0) is 44.5 Å². The van der Waals surface area contributed by atoms with Gasteiger partial charge in [0.05, 0.1) is 35.4 Å². The number of aromatic nitrogens is 2. The highest BCUT2D eigenvalue weighted by Crippen LogP contribution is 2.39. The SMILES string of the molecule is CC[C@@]1(O)C(=O)OCc2c1cc1n(c2=O)Cc2cc3c(NC=NC(C)C)cccc3nc2-1. The maximum atomic E-state index is 13.3. The summed E-state index contributed by atoms with van der Waals surface area (Å²) in [6.07, 6.45) is 1.80. The van der Waals surface area contributed by atoms with E-state index < -0.39 is 11.6 Å². The maximum absolute atomic E-state index is 13.3. The average Bonchev–Trinajstić information content (AvgIpc) is 3.13. The molecule has 0 fully saturated rings. The molecule has 8 heteroatoms. The highest BCUT2D eigenvalue weighted by molar-refractivity contribution is 5.98. The second kappa shape index (κ2) is 7.27. The summed E-state index contributed by atoms with van der Waals surface area (Å²) in [5.41, 5.74) is 2.40. The molecule has 32 heavy (non-hydrogen) atoms. The van der Waals surface area contributed by atoms with Crippen LogP contribution in [0.15, 0.2) is 40.1 Å². The number of nitrogens with zero attached hydrogens (tertiary/aromatic N) is 3. The molecule has 2 aliphatic heterocycles. The van der Waals surface area contributed by atoms with E-state index in [1.807, 2.05) is 38.1 Å². The minimum absolute atomic E-state index is 0.118. The summed E-state index contributed by atoms with van der Waals surface area (Å²) in [6, 6.07) is 9.73. The van der Waals surface area contributed by atoms with Gasteiger partial charge in [-0.1, -0.05) is 13.0 Å². The quantitative estimate of drug-likeness (QED) is 0.292. The Balaban J connectivity index is 1.66. The van der Waals surface area contributed by atoms with Crippen LogP contribution in [0.5, 0.6) is 0 Å². The molecule has 0 saturated heterocycles. The Kier molecular flexibility index (Phi) is 4.63. The van der Waals surface area contributed by atoms with Crippen molar-refractivity contribution >= 4 is 28.9 Å². The highest BCUT2D eigenvalue weighted by Gasteiger charge is 2.45. The van der Waals surface area contributed by atoms with Crippen molar-refractivity contribution in [2.75, 3.05) is 5.32 Å². The van der Waals surface area contributed by atoms with Crippen molar-refractivity contribution < 1.29 is 14.6 Å². The lowest BCUT2D eigenvalue weighted by molar-refractivity contribution is -0.172. The lowest BCUT2D eigenvalue weighted by atomic mass is 9.86. The molecule has 0 unspecified atom stereocenters. The number of fused-ring (bicyclic) bond motifs is 5. The van der Waals surface area contributed by atoms with Crippen LogP contribution in [0.1, 0.15) is 43.9 Å². The van der Waals surface area contributed by atoms with E-state index in [-0.39, 0.29) is 24.6 Å². The number of nitrogens with one attached hydrogen (secondary N) is 1. The van der Waals surface area contributed by atoms with Gasteiger partial charge in [0, 0.05) is 28.2 Å². The second-order valence-electron chi connectivity index (χ2n) is 8.49. The van der Waals surface area contributed by atoms with E-state index in [2.05, 4.69) is 10.3 Å². The molecule has 0 saturated carbocycles. The number of ether oxygens (including phenoxy) is 1. The number of benzene rings is 1. The molecule has 0 radical (unpaired) electrons. The number of cyclic esters (lactones) is 1. The molecular weight excluding hydrogens is 408 g/mol. The van der Waals surface area contributed by atoms with Crippen molar-refractivity contribution in [2.24, 2.45) is 4.99 Å². The van der Waals surface area contributed by atoms with Crippen molar-refractivity contribution in [3.63, 3.8) is 0 Å². The van der Waals surface area contributed by atoms with Crippen LogP contribution < -0.4 is 10.9 Å². The lowest BCUT2D eigenvalue weighted by Crippen LogP contribution is -2.44. The van der Waals surface area contributed by atoms with Crippen LogP contribution >= 0.6 is 0 Å². The van der Waals surface area contributed by atoms with Crippen LogP contribution in [0.2, 0.25) is 0 Å². The molecule has 2 aliphatic rings. The monoisotopic (exact) mass is 432 g/mol. The Morgan fingerprint density at radius 1 is 1.34 bits per heavy atom. The number of anilines is 1. The van der Waals surface area contributed by atoms with Gasteiger partial charge in [0.15, 0.2) is 5.60 Å². The van der Waals surface area contributed by atoms with Gasteiger partial charge in [-0.15, -0.1) is 0 Å². The smallest absolute Gasteiger partial charge is 0.343 e. The summed E-state index contributed by atoms with van der Waals surface area (Å²) < 4.78 is 6.76. The molecule has 1 aromatic carbocycles. The minimum Gasteiger partial charge on any atom is -0.458 e. The van der Waals surface area contributed by atoms with Gasteiger partial charge in [0.2, 0.25) is 0 Å². The number of pyridine rings is 2. The number of esters is 1. The van der Waals surface area contributed by atoms with Crippen molar-refractivity contribution in [1.29, 1.82) is 0 Å². The van der Waals surface area contributed by atoms with E-state index in [0.717, 1.165) is 22.2 Å². The molecule has 0 spiro atoms. The molecule has 0 aliphatic carbocycles. The van der Waals surface area contributed by atoms with Gasteiger partial charge >= 0.3 is 5.97 Å². The molecule has 2 N–H and O–H groups in total. The van der Waals surface area contributed by atoms with E-state index >= 15 is 0 Å². The lowest BCUT2D eigenvalue weighted by Gasteiger charge is -2.31. The third-order valence-corrected chi connectivity index (χ3v) is 6.14. The van der Waals surface area contributed by atoms with Gasteiger partial charge < -0.3 is 19.7 Å². The first kappa shape index (κ1) is 20.4. The summed E-state index contributed by atoms with van der Waals surface area (Å²) in [4.78, 5) is 34.7. The highest BCUT2D eigenvalue weighted by atomic mass is 16.6. The molecule has 0 bridgehead atoms. The third kappa shape index (κ3) is 2.94. The Labute approximate surface area is 184 Å². The normalized spacial score (nSPS) is 19.2. The number of aliphatic hydroxyl groups is 1. The first-order valence-corrected chi connectivity index (χ1v) is 10.7. The molecule has 5 rings (SSSR count). The van der Waals surface area contributed by atoms with Crippen molar-refractivity contribution in [1.82, 2.24) is 9.55 Å². The molecule has 4 heterocycles. The molecule has 0 amide bonds. The molecule has 3 aromatic rings. The van der Waals surface area contributed by atoms with Crippen molar-refractivity contribution in [3.05, 3.63) is 57.4 Å². The summed E-state index contributed by atoms with van der Waals surface area (Å²) in [7, 11) is 0. The number of carbonyl (C=O) groups is 1. The Morgan fingerprint density at radius 3 is 2.91 bits per heavy atom. The van der Waals surface area contributed by atoms with Crippen LogP contribution in [-0.4, -0.2) is 33.0 Å². The first-order valence-electron chi connectivity index (χ1n) is 10.7. The topological polar surface area (TPSA) is 106 Å². The minimum atomic E-state index is -1.82. The zero-order chi connectivity index (χ0) is 22.6. The van der Waals surface area contributed by atoms with Crippen LogP contribution in [-0.2, 0) is 28.3 Å². The zero-order valence-corrected chi connectivity index (χ0v) is 18.2. The summed E-state index contributed by atoms with van der Waals surface area (Å²) in [5.74, 6) is -0.722. The van der Waals surface area contributed by atoms with Crippen LogP contribution in [0, 0.1) is 0 Å². The van der Waals surface area contributed by atoms with Gasteiger partial charge in [-0.25, -0.2) is 9.78 Å². The fourth-order valence-corrected chi connectivity index (χ4v) is 4.38. The fraction of sp³-hybridized carbons (Fsp3) is 0.333. The van der Waals surface area contributed by atoms with Gasteiger partial charge in [0.1, 0.15) is 6.61 Å². The molecular formula is C24H24N4O4. The zero-order valence-electron chi connectivity index (χ0n) is 18.2. The van der Waals surface area contributed by atoms with E-state index in [0.29, 0.717) is 29.1 Å². The maximum Gasteiger partial charge on any atom is 0.343 e. The van der Waals surface area contributed by atoms with Crippen LogP contribution in [0.25, 0.3) is 22.3 Å². The summed E-state index contributed by atoms with van der Waals surface area (Å²) >= 11 is 0. The van der Waals surface area contributed by atoms with Crippen LogP contribution in [0.3, 0.4) is 0 Å². The Bertz CT molecular complexity index is 1360. The predicted octanol–water partition coefficient (Wildman–Crippen LogP) is 2.93. The molecule has 164 valence electrons. The van der Waals surface area contributed by atoms with Crippen LogP contribution in [0.4, 0.5) is 5.69 Å². The van der Waals surface area contributed by atoms with Gasteiger partial charge in [-0.2, -0.15) is 0 Å². The largest absolute Gasteiger partial charge is 0.458 e. The van der Waals surface area contributed by atoms with E-state index in [1.54, 1.807) is 23.9 Å². The first-order chi connectivity index (χ1) is 15.3. The number of hydrogen-bond donors (Lipinski definition) is 2. The summed E-state index contributed by atoms with van der Waals surface area (Å²) in [5, 5.41) is 15.1. The van der Waals surface area contributed by atoms with E-state index in [4.69, 9.17) is 9.72 Å². The van der Waals surface area contributed by atoms with Gasteiger partial charge in [-0.3, -0.25) is 9.79 Å². The molecule has 2 aromatic heterocycles. The third-order valence-electron chi connectivity index (χ3n) is 6.14. The standard InChI is InChI=1S/C24H24N4O4/c1-4-24(31)17-9-20-21-14(10-28(20)22(29)16(17)11-32-23(24)30)8-15-18(26-12-25-13(2)3)6-5-7-19(15)27-21/h5-9,12-13,31H,4,10-11H2,1-3H3,(H,25,26)/t24-/m0/s1. The number of carbonyl (C=O) groups excluding carboxylic acids is 1.